The first-order valence-electron chi connectivity index (χ1n) is 3.78. The largest absolute Gasteiger partial charge is 0.491 e. The van der Waals surface area contributed by atoms with Crippen molar-refractivity contribution in [3.63, 3.8) is 0 Å². The Kier molecular flexibility index (Phi) is 3.17. The van der Waals surface area contributed by atoms with E-state index in [0.29, 0.717) is 6.61 Å². The van der Waals surface area contributed by atoms with E-state index in [1.165, 1.54) is 18.2 Å². The molecule has 0 bridgehead atoms. The van der Waals surface area contributed by atoms with Crippen LogP contribution >= 0.6 is 0 Å². The van der Waals surface area contributed by atoms with Crippen molar-refractivity contribution in [3.8, 4) is 5.75 Å². The van der Waals surface area contributed by atoms with Crippen molar-refractivity contribution in [2.45, 2.75) is 6.92 Å². The van der Waals surface area contributed by atoms with E-state index < -0.39 is 5.82 Å². The number of aliphatic imine (C=N–C) groups is 1. The van der Waals surface area contributed by atoms with Crippen LogP contribution in [0.3, 0.4) is 0 Å². The minimum absolute atomic E-state index is 0.0978. The van der Waals surface area contributed by atoms with E-state index in [4.69, 9.17) is 4.74 Å². The second-order valence-electron chi connectivity index (χ2n) is 2.22. The van der Waals surface area contributed by atoms with Crippen LogP contribution in [0.15, 0.2) is 23.2 Å². The third-order valence-electron chi connectivity index (χ3n) is 1.41. The zero-order chi connectivity index (χ0) is 9.68. The summed E-state index contributed by atoms with van der Waals surface area (Å²) < 4.78 is 18.1. The third-order valence-corrected chi connectivity index (χ3v) is 1.41. The van der Waals surface area contributed by atoms with Crippen molar-refractivity contribution in [2.75, 3.05) is 6.61 Å². The number of isocyanates is 1. The molecule has 0 heterocycles. The molecule has 0 aliphatic rings. The highest BCUT2D eigenvalue weighted by atomic mass is 19.1. The molecule has 1 rings (SSSR count). The maximum atomic E-state index is 13.0. The molecule has 0 spiro atoms. The Balaban J connectivity index is 3.16. The molecular weight excluding hydrogens is 173 g/mol. The zero-order valence-electron chi connectivity index (χ0n) is 7.08. The number of benzene rings is 1. The number of para-hydroxylation sites is 1. The van der Waals surface area contributed by atoms with Gasteiger partial charge in [-0.15, -0.1) is 0 Å². The highest BCUT2D eigenvalue weighted by Crippen LogP contribution is 2.29. The minimum atomic E-state index is -0.589. The fourth-order valence-electron chi connectivity index (χ4n) is 0.922. The van der Waals surface area contributed by atoms with Crippen LogP contribution in [-0.4, -0.2) is 12.7 Å². The van der Waals surface area contributed by atoms with E-state index in [0.717, 1.165) is 0 Å². The lowest BCUT2D eigenvalue weighted by molar-refractivity contribution is 0.339. The molecule has 0 aromatic heterocycles. The van der Waals surface area contributed by atoms with Gasteiger partial charge < -0.3 is 4.74 Å². The van der Waals surface area contributed by atoms with Crippen molar-refractivity contribution < 1.29 is 13.9 Å². The molecule has 0 unspecified atom stereocenters. The normalized spacial score (nSPS) is 9.08. The van der Waals surface area contributed by atoms with Gasteiger partial charge in [-0.2, -0.15) is 4.99 Å². The summed E-state index contributed by atoms with van der Waals surface area (Å²) in [4.78, 5) is 13.2. The topological polar surface area (TPSA) is 38.7 Å². The van der Waals surface area contributed by atoms with Gasteiger partial charge in [-0.1, -0.05) is 6.07 Å². The van der Waals surface area contributed by atoms with Gasteiger partial charge in [0, 0.05) is 0 Å². The van der Waals surface area contributed by atoms with Gasteiger partial charge in [0.25, 0.3) is 0 Å². The smallest absolute Gasteiger partial charge is 0.240 e. The number of rotatable bonds is 3. The molecule has 0 amide bonds. The van der Waals surface area contributed by atoms with Crippen molar-refractivity contribution >= 4 is 11.8 Å². The number of hydrogen-bond acceptors (Lipinski definition) is 3. The van der Waals surface area contributed by atoms with Crippen LogP contribution in [0.1, 0.15) is 6.92 Å². The van der Waals surface area contributed by atoms with E-state index in [1.807, 2.05) is 0 Å². The van der Waals surface area contributed by atoms with Crippen LogP contribution in [0.2, 0.25) is 0 Å². The molecule has 0 aliphatic heterocycles. The number of ether oxygens (including phenoxy) is 1. The van der Waals surface area contributed by atoms with Crippen LogP contribution in [0, 0.1) is 5.82 Å². The van der Waals surface area contributed by atoms with E-state index in [-0.39, 0.29) is 11.4 Å². The summed E-state index contributed by atoms with van der Waals surface area (Å²) in [6.07, 6.45) is 1.28. The molecule has 0 atom stereocenters. The quantitative estimate of drug-likeness (QED) is 0.529. The van der Waals surface area contributed by atoms with E-state index in [2.05, 4.69) is 4.99 Å². The molecule has 0 radical (unpaired) electrons. The van der Waals surface area contributed by atoms with Gasteiger partial charge in [-0.25, -0.2) is 9.18 Å². The van der Waals surface area contributed by atoms with E-state index in [9.17, 15) is 9.18 Å². The maximum Gasteiger partial charge on any atom is 0.240 e. The molecule has 1 aromatic carbocycles. The number of halogens is 1. The second kappa shape index (κ2) is 4.38. The first kappa shape index (κ1) is 9.42. The first-order chi connectivity index (χ1) is 6.29. The molecule has 0 saturated heterocycles. The number of nitrogens with zero attached hydrogens (tertiary/aromatic N) is 1. The zero-order valence-corrected chi connectivity index (χ0v) is 7.08. The molecule has 3 nitrogen and oxygen atoms in total. The summed E-state index contributed by atoms with van der Waals surface area (Å²) >= 11 is 0. The molecule has 0 saturated carbocycles. The summed E-state index contributed by atoms with van der Waals surface area (Å²) in [7, 11) is 0. The van der Waals surface area contributed by atoms with Crippen LogP contribution in [-0.2, 0) is 4.79 Å². The van der Waals surface area contributed by atoms with Crippen molar-refractivity contribution in [3.05, 3.63) is 24.0 Å². The van der Waals surface area contributed by atoms with E-state index in [1.54, 1.807) is 13.0 Å². The summed E-state index contributed by atoms with van der Waals surface area (Å²) in [6, 6.07) is 4.24. The lowest BCUT2D eigenvalue weighted by Gasteiger charge is -2.04. The van der Waals surface area contributed by atoms with Crippen LogP contribution in [0.25, 0.3) is 0 Å². The monoisotopic (exact) mass is 181 g/mol. The Morgan fingerprint density at radius 1 is 1.62 bits per heavy atom. The summed E-state index contributed by atoms with van der Waals surface area (Å²) in [5.74, 6) is -0.333. The van der Waals surface area contributed by atoms with Gasteiger partial charge in [0.05, 0.1) is 6.61 Å². The van der Waals surface area contributed by atoms with Crippen molar-refractivity contribution in [1.29, 1.82) is 0 Å². The third kappa shape index (κ3) is 2.13. The fraction of sp³-hybridized carbons (Fsp3) is 0.222. The van der Waals surface area contributed by atoms with Gasteiger partial charge in [0.2, 0.25) is 6.08 Å². The molecule has 13 heavy (non-hydrogen) atoms. The number of carbonyl (C=O) groups excluding carboxylic acids is 1. The molecule has 68 valence electrons. The second-order valence-corrected chi connectivity index (χ2v) is 2.22. The van der Waals surface area contributed by atoms with Gasteiger partial charge >= 0.3 is 0 Å². The first-order valence-corrected chi connectivity index (χ1v) is 3.78. The van der Waals surface area contributed by atoms with Gasteiger partial charge in [0.1, 0.15) is 5.75 Å². The Hall–Kier alpha value is -1.67. The standard InChI is InChI=1S/C9H8FNO2/c1-2-13-8-5-3-4-7(10)9(8)11-6-12/h3-5H,2H2,1H3. The Labute approximate surface area is 74.9 Å². The fourth-order valence-corrected chi connectivity index (χ4v) is 0.922. The molecule has 4 heteroatoms. The van der Waals surface area contributed by atoms with Crippen molar-refractivity contribution in [1.82, 2.24) is 0 Å². The summed E-state index contributed by atoms with van der Waals surface area (Å²) in [5.41, 5.74) is -0.0978. The Morgan fingerprint density at radius 2 is 2.38 bits per heavy atom. The SMILES string of the molecule is CCOc1cccc(F)c1N=C=O. The average Bonchev–Trinajstić information content (AvgIpc) is 2.11. The lowest BCUT2D eigenvalue weighted by Crippen LogP contribution is -1.92. The molecular formula is C9H8FNO2. The van der Waals surface area contributed by atoms with Gasteiger partial charge in [0.15, 0.2) is 11.5 Å². The Bertz CT molecular complexity index is 345. The molecule has 0 fully saturated rings. The van der Waals surface area contributed by atoms with Crippen LogP contribution in [0.5, 0.6) is 5.75 Å². The molecule has 0 aliphatic carbocycles. The minimum Gasteiger partial charge on any atom is -0.491 e. The predicted octanol–water partition coefficient (Wildman–Crippen LogP) is 2.19. The van der Waals surface area contributed by atoms with Crippen LogP contribution in [0.4, 0.5) is 10.1 Å². The molecule has 1 aromatic rings. The Morgan fingerprint density at radius 3 is 3.00 bits per heavy atom. The highest BCUT2D eigenvalue weighted by Gasteiger charge is 2.07. The summed E-state index contributed by atoms with van der Waals surface area (Å²) in [6.45, 7) is 2.16. The van der Waals surface area contributed by atoms with Crippen LogP contribution < -0.4 is 4.74 Å². The highest BCUT2D eigenvalue weighted by molar-refractivity contribution is 5.58. The summed E-state index contributed by atoms with van der Waals surface area (Å²) in [5, 5.41) is 0. The molecule has 0 N–H and O–H groups in total. The van der Waals surface area contributed by atoms with Crippen molar-refractivity contribution in [2.24, 2.45) is 4.99 Å². The number of hydrogen-bond donors (Lipinski definition) is 0. The lowest BCUT2D eigenvalue weighted by atomic mass is 10.3. The van der Waals surface area contributed by atoms with E-state index >= 15 is 0 Å². The van der Waals surface area contributed by atoms with Gasteiger partial charge in [-0.05, 0) is 19.1 Å². The predicted molar refractivity (Wildman–Crippen MR) is 45.4 cm³/mol. The average molecular weight is 181 g/mol. The van der Waals surface area contributed by atoms with Gasteiger partial charge in [-0.3, -0.25) is 0 Å². The maximum absolute atomic E-state index is 13.0.